The maximum absolute atomic E-state index is 12.3. The Morgan fingerprint density at radius 2 is 1.80 bits per heavy atom. The van der Waals surface area contributed by atoms with Crippen LogP contribution >= 0.6 is 0 Å². The molecule has 0 spiro atoms. The van der Waals surface area contributed by atoms with Crippen LogP contribution in [-0.2, 0) is 17.8 Å². The summed E-state index contributed by atoms with van der Waals surface area (Å²) < 4.78 is 19.1. The minimum absolute atomic E-state index is 0.0188. The Kier molecular flexibility index (Phi) is 7.88. The van der Waals surface area contributed by atoms with Crippen molar-refractivity contribution in [3.8, 4) is 17.2 Å². The molecule has 0 saturated heterocycles. The highest BCUT2D eigenvalue weighted by atomic mass is 16.5. The number of aryl methyl sites for hydroxylation is 2. The summed E-state index contributed by atoms with van der Waals surface area (Å²) in [5.74, 6) is 2.99. The number of carbonyl (C=O) groups excluding carboxylic acids is 1. The Morgan fingerprint density at radius 1 is 0.971 bits per heavy atom. The lowest BCUT2D eigenvalue weighted by Gasteiger charge is -2.12. The first-order valence-electron chi connectivity index (χ1n) is 11.7. The fraction of sp³-hybridized carbons (Fsp3) is 0.286. The van der Waals surface area contributed by atoms with Crippen LogP contribution < -0.4 is 19.5 Å². The normalized spacial score (nSPS) is 10.8. The highest BCUT2D eigenvalue weighted by Crippen LogP contribution is 2.21. The van der Waals surface area contributed by atoms with E-state index in [0.717, 1.165) is 45.2 Å². The number of nitrogens with one attached hydrogen (secondary N) is 1. The number of hydrogen-bond donors (Lipinski definition) is 1. The van der Waals surface area contributed by atoms with E-state index in [2.05, 4.69) is 9.88 Å². The number of rotatable bonds is 11. The molecule has 7 heteroatoms. The number of imidazole rings is 1. The summed E-state index contributed by atoms with van der Waals surface area (Å²) in [5.41, 5.74) is 4.07. The number of amides is 1. The minimum atomic E-state index is -0.157. The minimum Gasteiger partial charge on any atom is -0.497 e. The molecule has 1 amide bonds. The van der Waals surface area contributed by atoms with Gasteiger partial charge in [0.2, 0.25) is 0 Å². The zero-order chi connectivity index (χ0) is 24.6. The van der Waals surface area contributed by atoms with Crippen LogP contribution in [0.5, 0.6) is 17.2 Å². The topological polar surface area (TPSA) is 74.6 Å². The van der Waals surface area contributed by atoms with E-state index in [1.54, 1.807) is 7.11 Å². The van der Waals surface area contributed by atoms with Gasteiger partial charge in [-0.2, -0.15) is 0 Å². The van der Waals surface area contributed by atoms with Gasteiger partial charge in [-0.3, -0.25) is 4.79 Å². The van der Waals surface area contributed by atoms with Gasteiger partial charge in [0.1, 0.15) is 29.7 Å². The van der Waals surface area contributed by atoms with Crippen molar-refractivity contribution in [2.75, 3.05) is 26.9 Å². The van der Waals surface area contributed by atoms with Gasteiger partial charge in [-0.25, -0.2) is 4.98 Å². The van der Waals surface area contributed by atoms with Crippen LogP contribution in [0.2, 0.25) is 0 Å². The van der Waals surface area contributed by atoms with Crippen molar-refractivity contribution in [2.45, 2.75) is 26.8 Å². The van der Waals surface area contributed by atoms with Crippen molar-refractivity contribution in [3.63, 3.8) is 0 Å². The standard InChI is InChI=1S/C28H31N3O4/c1-20-11-12-21(2)26(17-20)35-19-28(32)29-14-13-27-30-24-9-4-5-10-25(24)31(27)15-16-34-23-8-6-7-22(18-23)33-3/h4-12,17-18H,13-16,19H2,1-3H3,(H,29,32). The second-order valence-corrected chi connectivity index (χ2v) is 8.35. The van der Waals surface area contributed by atoms with Gasteiger partial charge in [0.05, 0.1) is 24.7 Å². The van der Waals surface area contributed by atoms with Crippen LogP contribution in [0, 0.1) is 13.8 Å². The van der Waals surface area contributed by atoms with E-state index in [1.165, 1.54) is 0 Å². The Bertz CT molecular complexity index is 1300. The maximum atomic E-state index is 12.3. The maximum Gasteiger partial charge on any atom is 0.257 e. The zero-order valence-corrected chi connectivity index (χ0v) is 20.4. The first-order chi connectivity index (χ1) is 17.0. The van der Waals surface area contributed by atoms with Gasteiger partial charge < -0.3 is 24.1 Å². The van der Waals surface area contributed by atoms with Crippen LogP contribution in [-0.4, -0.2) is 42.3 Å². The highest BCUT2D eigenvalue weighted by Gasteiger charge is 2.12. The fourth-order valence-electron chi connectivity index (χ4n) is 3.88. The van der Waals surface area contributed by atoms with Gasteiger partial charge in [-0.1, -0.05) is 30.3 Å². The number of aromatic nitrogens is 2. The molecule has 0 atom stereocenters. The van der Waals surface area contributed by atoms with E-state index in [4.69, 9.17) is 19.2 Å². The van der Waals surface area contributed by atoms with Crippen LogP contribution in [0.3, 0.4) is 0 Å². The van der Waals surface area contributed by atoms with E-state index in [-0.39, 0.29) is 12.5 Å². The lowest BCUT2D eigenvalue weighted by atomic mass is 10.1. The van der Waals surface area contributed by atoms with Crippen molar-refractivity contribution in [1.29, 1.82) is 0 Å². The van der Waals surface area contributed by atoms with E-state index >= 15 is 0 Å². The number of nitrogens with zero attached hydrogens (tertiary/aromatic N) is 2. The second kappa shape index (κ2) is 11.4. The molecule has 0 aliphatic heterocycles. The Labute approximate surface area is 205 Å². The fourth-order valence-corrected chi connectivity index (χ4v) is 3.88. The average Bonchev–Trinajstić information content (AvgIpc) is 3.22. The number of carbonyl (C=O) groups is 1. The molecule has 0 unspecified atom stereocenters. The third-order valence-corrected chi connectivity index (χ3v) is 5.73. The van der Waals surface area contributed by atoms with Crippen molar-refractivity contribution >= 4 is 16.9 Å². The van der Waals surface area contributed by atoms with Crippen molar-refractivity contribution in [1.82, 2.24) is 14.9 Å². The summed E-state index contributed by atoms with van der Waals surface area (Å²) in [6.45, 7) is 5.53. The van der Waals surface area contributed by atoms with Gasteiger partial charge in [-0.15, -0.1) is 0 Å². The van der Waals surface area contributed by atoms with Crippen molar-refractivity contribution < 1.29 is 19.0 Å². The van der Waals surface area contributed by atoms with Gasteiger partial charge in [0.15, 0.2) is 6.61 Å². The number of para-hydroxylation sites is 2. The predicted molar refractivity (Wildman–Crippen MR) is 136 cm³/mol. The van der Waals surface area contributed by atoms with Crippen molar-refractivity contribution in [2.24, 2.45) is 0 Å². The van der Waals surface area contributed by atoms with E-state index < -0.39 is 0 Å². The molecular formula is C28H31N3O4. The van der Waals surface area contributed by atoms with Crippen molar-refractivity contribution in [3.05, 3.63) is 83.7 Å². The van der Waals surface area contributed by atoms with E-state index in [1.807, 2.05) is 80.6 Å². The second-order valence-electron chi connectivity index (χ2n) is 8.35. The Balaban J connectivity index is 1.34. The number of ether oxygens (including phenoxy) is 3. The molecule has 0 radical (unpaired) electrons. The molecule has 1 aromatic heterocycles. The molecule has 35 heavy (non-hydrogen) atoms. The summed E-state index contributed by atoms with van der Waals surface area (Å²) in [6.07, 6.45) is 0.600. The third-order valence-electron chi connectivity index (χ3n) is 5.73. The monoisotopic (exact) mass is 473 g/mol. The number of hydrogen-bond acceptors (Lipinski definition) is 5. The quantitative estimate of drug-likeness (QED) is 0.348. The summed E-state index contributed by atoms with van der Waals surface area (Å²) in [4.78, 5) is 17.1. The molecule has 0 fully saturated rings. The highest BCUT2D eigenvalue weighted by molar-refractivity contribution is 5.78. The molecule has 0 aliphatic rings. The van der Waals surface area contributed by atoms with Gasteiger partial charge in [0, 0.05) is 19.0 Å². The SMILES string of the molecule is COc1cccc(OCCn2c(CCNC(=O)COc3cc(C)ccc3C)nc3ccccc32)c1. The van der Waals surface area contributed by atoms with E-state index in [0.29, 0.717) is 26.1 Å². The molecule has 0 aliphatic carbocycles. The largest absolute Gasteiger partial charge is 0.497 e. The lowest BCUT2D eigenvalue weighted by molar-refractivity contribution is -0.123. The summed E-state index contributed by atoms with van der Waals surface area (Å²) in [6, 6.07) is 21.5. The number of benzene rings is 3. The van der Waals surface area contributed by atoms with Gasteiger partial charge >= 0.3 is 0 Å². The van der Waals surface area contributed by atoms with Crippen LogP contribution in [0.25, 0.3) is 11.0 Å². The molecule has 7 nitrogen and oxygen atoms in total. The molecule has 4 rings (SSSR count). The molecule has 0 bridgehead atoms. The number of fused-ring (bicyclic) bond motifs is 1. The molecule has 182 valence electrons. The first-order valence-corrected chi connectivity index (χ1v) is 11.7. The molecule has 4 aromatic rings. The number of methoxy groups -OCH3 is 1. The molecule has 0 saturated carbocycles. The molecular weight excluding hydrogens is 442 g/mol. The Morgan fingerprint density at radius 3 is 2.66 bits per heavy atom. The van der Waals surface area contributed by atoms with Crippen LogP contribution in [0.15, 0.2) is 66.7 Å². The smallest absolute Gasteiger partial charge is 0.257 e. The zero-order valence-electron chi connectivity index (χ0n) is 20.4. The summed E-state index contributed by atoms with van der Waals surface area (Å²) >= 11 is 0. The van der Waals surface area contributed by atoms with E-state index in [9.17, 15) is 4.79 Å². The van der Waals surface area contributed by atoms with Crippen LogP contribution in [0.4, 0.5) is 0 Å². The van der Waals surface area contributed by atoms with Crippen LogP contribution in [0.1, 0.15) is 17.0 Å². The van der Waals surface area contributed by atoms with Gasteiger partial charge in [0.25, 0.3) is 5.91 Å². The predicted octanol–water partition coefficient (Wildman–Crippen LogP) is 4.48. The first kappa shape index (κ1) is 24.1. The molecule has 1 N–H and O–H groups in total. The summed E-state index contributed by atoms with van der Waals surface area (Å²) in [7, 11) is 1.64. The summed E-state index contributed by atoms with van der Waals surface area (Å²) in [5, 5.41) is 2.94. The Hall–Kier alpha value is -4.00. The van der Waals surface area contributed by atoms with Gasteiger partial charge in [-0.05, 0) is 55.3 Å². The molecule has 3 aromatic carbocycles. The third kappa shape index (κ3) is 6.32. The average molecular weight is 474 g/mol. The molecule has 1 heterocycles. The lowest BCUT2D eigenvalue weighted by Crippen LogP contribution is -2.31.